The number of hydrogen-bond donors (Lipinski definition) is 1. The third kappa shape index (κ3) is 2.00. The Morgan fingerprint density at radius 1 is 1.08 bits per heavy atom. The van der Waals surface area contributed by atoms with E-state index in [0.717, 1.165) is 16.5 Å². The monoisotopic (exact) mass is 341 g/mol. The Labute approximate surface area is 139 Å². The van der Waals surface area contributed by atoms with Crippen molar-refractivity contribution < 1.29 is 18.3 Å². The maximum atomic E-state index is 13.0. The predicted octanol–water partition coefficient (Wildman–Crippen LogP) is 2.99. The molecule has 0 fully saturated rings. The molecule has 122 valence electrons. The molecular weight excluding hydrogens is 326 g/mol. The van der Waals surface area contributed by atoms with Gasteiger partial charge in [0.05, 0.1) is 15.8 Å². The summed E-state index contributed by atoms with van der Waals surface area (Å²) in [5.41, 5.74) is 2.06. The van der Waals surface area contributed by atoms with Crippen LogP contribution in [0, 0.1) is 0 Å². The molecule has 0 atom stereocenters. The van der Waals surface area contributed by atoms with E-state index in [-0.39, 0.29) is 11.5 Å². The molecular formula is C18H15NO4S. The zero-order valence-electron chi connectivity index (χ0n) is 12.9. The fourth-order valence-electron chi connectivity index (χ4n) is 3.01. The molecule has 0 radical (unpaired) electrons. The van der Waals surface area contributed by atoms with Gasteiger partial charge in [-0.1, -0.05) is 24.3 Å². The molecule has 2 heterocycles. The minimum Gasteiger partial charge on any atom is -0.458 e. The van der Waals surface area contributed by atoms with E-state index in [1.54, 1.807) is 54.7 Å². The van der Waals surface area contributed by atoms with Crippen LogP contribution in [0.15, 0.2) is 65.4 Å². The van der Waals surface area contributed by atoms with Gasteiger partial charge in [0.15, 0.2) is 0 Å². The number of benzene rings is 2. The van der Waals surface area contributed by atoms with Crippen molar-refractivity contribution in [2.24, 2.45) is 0 Å². The second-order valence-electron chi connectivity index (χ2n) is 5.62. The summed E-state index contributed by atoms with van der Waals surface area (Å²) in [5.74, 6) is 0.990. The molecule has 0 saturated heterocycles. The van der Waals surface area contributed by atoms with Crippen molar-refractivity contribution in [1.29, 1.82) is 0 Å². The summed E-state index contributed by atoms with van der Waals surface area (Å²) in [6, 6.07) is 13.6. The molecule has 1 N–H and O–H groups in total. The Kier molecular flexibility index (Phi) is 3.26. The largest absolute Gasteiger partial charge is 0.458 e. The van der Waals surface area contributed by atoms with Crippen LogP contribution < -0.4 is 4.74 Å². The molecule has 6 heteroatoms. The number of aliphatic hydroxyl groups is 1. The van der Waals surface area contributed by atoms with Crippen molar-refractivity contribution in [2.45, 2.75) is 11.8 Å². The first-order chi connectivity index (χ1) is 11.5. The Morgan fingerprint density at radius 3 is 2.54 bits per heavy atom. The van der Waals surface area contributed by atoms with Gasteiger partial charge in [0.25, 0.3) is 10.0 Å². The first-order valence-electron chi connectivity index (χ1n) is 7.47. The van der Waals surface area contributed by atoms with Crippen LogP contribution in [0.3, 0.4) is 0 Å². The van der Waals surface area contributed by atoms with Crippen LogP contribution in [0.2, 0.25) is 0 Å². The molecule has 1 aliphatic heterocycles. The molecule has 0 spiro atoms. The highest BCUT2D eigenvalue weighted by molar-refractivity contribution is 7.90. The lowest BCUT2D eigenvalue weighted by Gasteiger charge is -2.18. The highest BCUT2D eigenvalue weighted by Gasteiger charge is 2.27. The van der Waals surface area contributed by atoms with Gasteiger partial charge in [-0.2, -0.15) is 0 Å². The number of aromatic nitrogens is 1. The Hall–Kier alpha value is -2.57. The van der Waals surface area contributed by atoms with E-state index in [1.807, 2.05) is 6.92 Å². The first-order valence-corrected chi connectivity index (χ1v) is 8.91. The van der Waals surface area contributed by atoms with E-state index in [1.165, 1.54) is 3.97 Å². The summed E-state index contributed by atoms with van der Waals surface area (Å²) in [4.78, 5) is 0.225. The maximum absolute atomic E-state index is 13.0. The zero-order chi connectivity index (χ0) is 16.9. The third-order valence-electron chi connectivity index (χ3n) is 4.26. The van der Waals surface area contributed by atoms with Crippen molar-refractivity contribution in [3.63, 3.8) is 0 Å². The standard InChI is InChI=1S/C18H15NO4S/c1-12-14-10-19(24(21,22)13-6-3-2-4-7-13)15-8-5-9-16(18(14)15)23-17(12)11-20/h2-10,20H,11H2,1H3. The fraction of sp³-hybridized carbons (Fsp3) is 0.111. The molecule has 5 nitrogen and oxygen atoms in total. The normalized spacial score (nSPS) is 14.1. The lowest BCUT2D eigenvalue weighted by molar-refractivity contribution is 0.264. The molecule has 0 saturated carbocycles. The fourth-order valence-corrected chi connectivity index (χ4v) is 4.39. The number of rotatable bonds is 3. The van der Waals surface area contributed by atoms with Crippen LogP contribution in [0.25, 0.3) is 16.5 Å². The van der Waals surface area contributed by atoms with Crippen molar-refractivity contribution in [2.75, 3.05) is 6.61 Å². The Balaban J connectivity index is 2.05. The molecule has 2 aromatic carbocycles. The van der Waals surface area contributed by atoms with Crippen LogP contribution in [-0.4, -0.2) is 24.1 Å². The van der Waals surface area contributed by atoms with Gasteiger partial charge in [0.2, 0.25) is 0 Å². The number of ether oxygens (including phenoxy) is 1. The van der Waals surface area contributed by atoms with Gasteiger partial charge in [-0.25, -0.2) is 12.4 Å². The average molecular weight is 341 g/mol. The van der Waals surface area contributed by atoms with Crippen LogP contribution >= 0.6 is 0 Å². The van der Waals surface area contributed by atoms with Gasteiger partial charge in [-0.05, 0) is 36.8 Å². The van der Waals surface area contributed by atoms with Crippen LogP contribution in [0.4, 0.5) is 0 Å². The van der Waals surface area contributed by atoms with Gasteiger partial charge in [0.1, 0.15) is 18.1 Å². The lowest BCUT2D eigenvalue weighted by atomic mass is 10.0. The highest BCUT2D eigenvalue weighted by Crippen LogP contribution is 2.41. The van der Waals surface area contributed by atoms with Crippen molar-refractivity contribution in [3.8, 4) is 5.75 Å². The Bertz CT molecular complexity index is 1080. The van der Waals surface area contributed by atoms with Gasteiger partial charge < -0.3 is 9.84 Å². The van der Waals surface area contributed by atoms with E-state index < -0.39 is 10.0 Å². The molecule has 3 aromatic rings. The maximum Gasteiger partial charge on any atom is 0.268 e. The number of allylic oxidation sites excluding steroid dienone is 1. The number of nitrogens with zero attached hydrogens (tertiary/aromatic N) is 1. The van der Waals surface area contributed by atoms with E-state index in [0.29, 0.717) is 17.0 Å². The zero-order valence-corrected chi connectivity index (χ0v) is 13.7. The van der Waals surface area contributed by atoms with Crippen molar-refractivity contribution in [1.82, 2.24) is 3.97 Å². The molecule has 0 bridgehead atoms. The molecule has 1 aliphatic rings. The summed E-state index contributed by atoms with van der Waals surface area (Å²) >= 11 is 0. The summed E-state index contributed by atoms with van der Waals surface area (Å²) in [5, 5.41) is 10.2. The quantitative estimate of drug-likeness (QED) is 0.795. The summed E-state index contributed by atoms with van der Waals surface area (Å²) in [7, 11) is -3.72. The highest BCUT2D eigenvalue weighted by atomic mass is 32.2. The minimum absolute atomic E-state index is 0.225. The summed E-state index contributed by atoms with van der Waals surface area (Å²) < 4.78 is 33.0. The van der Waals surface area contributed by atoms with Crippen LogP contribution in [-0.2, 0) is 10.0 Å². The van der Waals surface area contributed by atoms with Crippen LogP contribution in [0.1, 0.15) is 12.5 Å². The van der Waals surface area contributed by atoms with E-state index >= 15 is 0 Å². The second kappa shape index (κ2) is 5.22. The molecule has 4 rings (SSSR count). The van der Waals surface area contributed by atoms with E-state index in [4.69, 9.17) is 4.74 Å². The first kappa shape index (κ1) is 15.0. The second-order valence-corrected chi connectivity index (χ2v) is 7.43. The summed E-state index contributed by atoms with van der Waals surface area (Å²) in [6.45, 7) is 1.58. The average Bonchev–Trinajstić information content (AvgIpc) is 3.01. The van der Waals surface area contributed by atoms with Gasteiger partial charge >= 0.3 is 0 Å². The van der Waals surface area contributed by atoms with Gasteiger partial charge in [-0.15, -0.1) is 0 Å². The topological polar surface area (TPSA) is 68.5 Å². The third-order valence-corrected chi connectivity index (χ3v) is 5.94. The molecule has 0 aliphatic carbocycles. The lowest BCUT2D eigenvalue weighted by Crippen LogP contribution is -2.11. The molecule has 24 heavy (non-hydrogen) atoms. The molecule has 0 unspecified atom stereocenters. The van der Waals surface area contributed by atoms with Crippen molar-refractivity contribution in [3.05, 3.63) is 66.1 Å². The Morgan fingerprint density at radius 2 is 1.83 bits per heavy atom. The minimum atomic E-state index is -3.72. The smallest absolute Gasteiger partial charge is 0.268 e. The van der Waals surface area contributed by atoms with E-state index in [9.17, 15) is 13.5 Å². The summed E-state index contributed by atoms with van der Waals surface area (Å²) in [6.07, 6.45) is 1.60. The molecule has 1 aromatic heterocycles. The SMILES string of the molecule is CC1=C(CO)Oc2cccc3c2c1cn3S(=O)(=O)c1ccccc1. The predicted molar refractivity (Wildman–Crippen MR) is 91.3 cm³/mol. The van der Waals surface area contributed by atoms with Crippen LogP contribution in [0.5, 0.6) is 5.75 Å². The molecule has 0 amide bonds. The van der Waals surface area contributed by atoms with Crippen molar-refractivity contribution >= 4 is 26.5 Å². The van der Waals surface area contributed by atoms with E-state index in [2.05, 4.69) is 0 Å². The van der Waals surface area contributed by atoms with Gasteiger partial charge in [-0.3, -0.25) is 0 Å². The number of hydrogen-bond acceptors (Lipinski definition) is 4. The van der Waals surface area contributed by atoms with Gasteiger partial charge in [0, 0.05) is 11.8 Å². The number of aliphatic hydroxyl groups excluding tert-OH is 1.